The molecule has 2 aromatic carbocycles. The van der Waals surface area contributed by atoms with Gasteiger partial charge in [0.15, 0.2) is 10.8 Å². The molecule has 0 fully saturated rings. The number of unbranched alkanes of at least 4 members (excludes halogenated alkanes) is 1. The first kappa shape index (κ1) is 17.4. The highest BCUT2D eigenvalue weighted by atomic mass is 35.5. The van der Waals surface area contributed by atoms with E-state index < -0.39 is 5.97 Å². The minimum atomic E-state index is -1.12. The third kappa shape index (κ3) is 3.37. The summed E-state index contributed by atoms with van der Waals surface area (Å²) in [5.41, 5.74) is 0.799. The van der Waals surface area contributed by atoms with E-state index >= 15 is 0 Å². The number of aromatic nitrogens is 2. The summed E-state index contributed by atoms with van der Waals surface area (Å²) in [5.74, 6) is -0.781. The Morgan fingerprint density at radius 2 is 1.96 bits per heavy atom. The molecule has 0 aliphatic rings. The number of carboxylic acids is 1. The molecule has 1 aromatic heterocycles. The Labute approximate surface area is 149 Å². The van der Waals surface area contributed by atoms with Gasteiger partial charge in [0.05, 0.1) is 6.54 Å². The first-order chi connectivity index (χ1) is 12.0. The van der Waals surface area contributed by atoms with Crippen LogP contribution >= 0.6 is 11.6 Å². The molecule has 0 atom stereocenters. The normalized spacial score (nSPS) is 11.2. The van der Waals surface area contributed by atoms with Gasteiger partial charge in [-0.05, 0) is 23.4 Å². The highest BCUT2D eigenvalue weighted by molar-refractivity contribution is 6.32. The highest BCUT2D eigenvalue weighted by Crippen LogP contribution is 2.26. The average molecular weight is 361 g/mol. The second kappa shape index (κ2) is 7.23. The number of carboxylic acid groups (broad SMARTS) is 1. The second-order valence-electron chi connectivity index (χ2n) is 5.91. The van der Waals surface area contributed by atoms with Gasteiger partial charge >= 0.3 is 5.97 Å². The monoisotopic (exact) mass is 360 g/mol. The SMILES string of the molecule is CCCCc1nc(Cl)c(C(=O)O)n1Cc1ccc(F)c2ccccc12. The van der Waals surface area contributed by atoms with Crippen LogP contribution in [0.5, 0.6) is 0 Å². The van der Waals surface area contributed by atoms with Crippen molar-refractivity contribution >= 4 is 28.3 Å². The van der Waals surface area contributed by atoms with Gasteiger partial charge in [-0.15, -0.1) is 0 Å². The largest absolute Gasteiger partial charge is 0.476 e. The zero-order valence-electron chi connectivity index (χ0n) is 13.8. The van der Waals surface area contributed by atoms with Crippen molar-refractivity contribution in [3.8, 4) is 0 Å². The van der Waals surface area contributed by atoms with Crippen molar-refractivity contribution in [2.75, 3.05) is 0 Å². The van der Waals surface area contributed by atoms with Crippen LogP contribution < -0.4 is 0 Å². The van der Waals surface area contributed by atoms with E-state index in [4.69, 9.17) is 11.6 Å². The Morgan fingerprint density at radius 1 is 1.24 bits per heavy atom. The van der Waals surface area contributed by atoms with Crippen molar-refractivity contribution in [3.63, 3.8) is 0 Å². The lowest BCUT2D eigenvalue weighted by atomic mass is 10.0. The smallest absolute Gasteiger partial charge is 0.355 e. The number of carbonyl (C=O) groups is 1. The molecule has 25 heavy (non-hydrogen) atoms. The molecule has 6 heteroatoms. The van der Waals surface area contributed by atoms with Gasteiger partial charge < -0.3 is 9.67 Å². The summed E-state index contributed by atoms with van der Waals surface area (Å²) < 4.78 is 15.7. The standard InChI is InChI=1S/C19H18ClFN2O2/c1-2-3-8-16-22-18(20)17(19(24)25)23(16)11-12-9-10-15(21)14-7-5-4-6-13(12)14/h4-7,9-10H,2-3,8,11H2,1H3,(H,24,25). The molecule has 0 saturated carbocycles. The van der Waals surface area contributed by atoms with Crippen molar-refractivity contribution in [3.05, 3.63) is 64.5 Å². The zero-order valence-corrected chi connectivity index (χ0v) is 14.6. The molecular weight excluding hydrogens is 343 g/mol. The molecule has 3 aromatic rings. The molecule has 0 spiro atoms. The lowest BCUT2D eigenvalue weighted by Crippen LogP contribution is -2.13. The topological polar surface area (TPSA) is 55.1 Å². The number of nitrogens with zero attached hydrogens (tertiary/aromatic N) is 2. The van der Waals surface area contributed by atoms with E-state index in [2.05, 4.69) is 11.9 Å². The molecule has 3 rings (SSSR count). The highest BCUT2D eigenvalue weighted by Gasteiger charge is 2.22. The number of benzene rings is 2. The van der Waals surface area contributed by atoms with Gasteiger partial charge in [-0.1, -0.05) is 55.3 Å². The van der Waals surface area contributed by atoms with Crippen LogP contribution in [0.25, 0.3) is 10.8 Å². The molecule has 0 radical (unpaired) electrons. The third-order valence-electron chi connectivity index (χ3n) is 4.25. The Bertz CT molecular complexity index is 937. The summed E-state index contributed by atoms with van der Waals surface area (Å²) in [6.45, 7) is 2.33. The fourth-order valence-corrected chi connectivity index (χ4v) is 3.28. The van der Waals surface area contributed by atoms with Crippen LogP contribution in [0.2, 0.25) is 5.15 Å². The van der Waals surface area contributed by atoms with E-state index in [1.807, 2.05) is 12.1 Å². The van der Waals surface area contributed by atoms with Gasteiger partial charge in [0.25, 0.3) is 0 Å². The van der Waals surface area contributed by atoms with Gasteiger partial charge in [0, 0.05) is 11.8 Å². The molecule has 0 bridgehead atoms. The van der Waals surface area contributed by atoms with E-state index in [1.165, 1.54) is 6.07 Å². The maximum absolute atomic E-state index is 14.0. The number of imidazole rings is 1. The fraction of sp³-hybridized carbons (Fsp3) is 0.263. The summed E-state index contributed by atoms with van der Waals surface area (Å²) in [7, 11) is 0. The summed E-state index contributed by atoms with van der Waals surface area (Å²) in [5, 5.41) is 10.8. The molecule has 1 N–H and O–H groups in total. The zero-order chi connectivity index (χ0) is 18.0. The summed E-state index contributed by atoms with van der Waals surface area (Å²) in [4.78, 5) is 15.9. The van der Waals surface area contributed by atoms with Crippen LogP contribution in [-0.4, -0.2) is 20.6 Å². The maximum Gasteiger partial charge on any atom is 0.355 e. The van der Waals surface area contributed by atoms with Crippen molar-refractivity contribution in [2.45, 2.75) is 32.7 Å². The molecule has 0 saturated heterocycles. The van der Waals surface area contributed by atoms with Gasteiger partial charge in [-0.25, -0.2) is 14.2 Å². The van der Waals surface area contributed by atoms with Crippen molar-refractivity contribution in [2.24, 2.45) is 0 Å². The first-order valence-electron chi connectivity index (χ1n) is 8.17. The number of aromatic carboxylic acids is 1. The van der Waals surface area contributed by atoms with Crippen LogP contribution in [0.15, 0.2) is 36.4 Å². The number of hydrogen-bond donors (Lipinski definition) is 1. The second-order valence-corrected chi connectivity index (χ2v) is 6.27. The average Bonchev–Trinajstić information content (AvgIpc) is 2.91. The number of fused-ring (bicyclic) bond motifs is 1. The van der Waals surface area contributed by atoms with Crippen molar-refractivity contribution in [1.82, 2.24) is 9.55 Å². The fourth-order valence-electron chi connectivity index (χ4n) is 3.00. The molecule has 0 unspecified atom stereocenters. The number of halogens is 2. The number of hydrogen-bond acceptors (Lipinski definition) is 2. The number of aryl methyl sites for hydroxylation is 1. The number of rotatable bonds is 6. The van der Waals surface area contributed by atoms with E-state index in [1.54, 1.807) is 22.8 Å². The van der Waals surface area contributed by atoms with Crippen LogP contribution in [0, 0.1) is 5.82 Å². The van der Waals surface area contributed by atoms with Gasteiger partial charge in [-0.3, -0.25) is 0 Å². The predicted molar refractivity (Wildman–Crippen MR) is 95.8 cm³/mol. The van der Waals surface area contributed by atoms with Crippen LogP contribution in [0.3, 0.4) is 0 Å². The molecule has 1 heterocycles. The molecule has 4 nitrogen and oxygen atoms in total. The van der Waals surface area contributed by atoms with Gasteiger partial charge in [-0.2, -0.15) is 0 Å². The quantitative estimate of drug-likeness (QED) is 0.679. The molecule has 0 aliphatic carbocycles. The Hall–Kier alpha value is -2.40. The van der Waals surface area contributed by atoms with Gasteiger partial charge in [0.1, 0.15) is 11.6 Å². The van der Waals surface area contributed by atoms with Crippen LogP contribution in [0.4, 0.5) is 4.39 Å². The minimum Gasteiger partial charge on any atom is -0.476 e. The summed E-state index contributed by atoms with van der Waals surface area (Å²) in [6.07, 6.45) is 2.49. The Balaban J connectivity index is 2.11. The summed E-state index contributed by atoms with van der Waals surface area (Å²) in [6, 6.07) is 10.2. The van der Waals surface area contributed by atoms with E-state index in [-0.39, 0.29) is 23.2 Å². The summed E-state index contributed by atoms with van der Waals surface area (Å²) >= 11 is 6.06. The van der Waals surface area contributed by atoms with Crippen LogP contribution in [-0.2, 0) is 13.0 Å². The van der Waals surface area contributed by atoms with Crippen molar-refractivity contribution in [1.29, 1.82) is 0 Å². The maximum atomic E-state index is 14.0. The Kier molecular flexibility index (Phi) is 5.04. The first-order valence-corrected chi connectivity index (χ1v) is 8.55. The van der Waals surface area contributed by atoms with Crippen molar-refractivity contribution < 1.29 is 14.3 Å². The molecule has 0 aliphatic heterocycles. The molecule has 0 amide bonds. The lowest BCUT2D eigenvalue weighted by Gasteiger charge is -2.13. The lowest BCUT2D eigenvalue weighted by molar-refractivity contribution is 0.0685. The van der Waals surface area contributed by atoms with E-state index in [0.29, 0.717) is 17.6 Å². The van der Waals surface area contributed by atoms with E-state index in [9.17, 15) is 14.3 Å². The van der Waals surface area contributed by atoms with E-state index in [0.717, 1.165) is 23.8 Å². The van der Waals surface area contributed by atoms with Gasteiger partial charge in [0.2, 0.25) is 0 Å². The predicted octanol–water partition coefficient (Wildman–Crippen LogP) is 4.92. The van der Waals surface area contributed by atoms with Crippen LogP contribution in [0.1, 0.15) is 41.6 Å². The minimum absolute atomic E-state index is 0.00924. The molecular formula is C19H18ClFN2O2. The molecule has 130 valence electrons. The third-order valence-corrected chi connectivity index (χ3v) is 4.51. The Morgan fingerprint density at radius 3 is 2.64 bits per heavy atom.